The molecule has 2 heterocycles. The number of nitrogens with one attached hydrogen (secondary N) is 2. The zero-order valence-corrected chi connectivity index (χ0v) is 24.7. The molecular weight excluding hydrogens is 555 g/mol. The van der Waals surface area contributed by atoms with Crippen LogP contribution >= 0.6 is 11.6 Å². The topological polar surface area (TPSA) is 83.9 Å². The van der Waals surface area contributed by atoms with Gasteiger partial charge in [-0.05, 0) is 77.1 Å². The summed E-state index contributed by atoms with van der Waals surface area (Å²) in [6, 6.07) is 19.9. The molecule has 2 N–H and O–H groups in total. The van der Waals surface area contributed by atoms with E-state index in [0.717, 1.165) is 52.0 Å². The fourth-order valence-corrected chi connectivity index (χ4v) is 5.03. The maximum absolute atomic E-state index is 14.4. The standard InChI is InChI=1S/C32H34ClFN6O2/c1-21(2)13-24-15-27(37-28-16-25(14-26(33)18-28)22-5-4-6-29(17-22)41-3)8-7-23(24)19-36-39-32-35-20-30(34)31(38-32)40-9-11-42-12-10-40/h4-8,14-21,37H,9-13H2,1-3H3,(H,35,38,39)/b36-19+. The summed E-state index contributed by atoms with van der Waals surface area (Å²) in [5.74, 6) is 1.23. The monoisotopic (exact) mass is 588 g/mol. The minimum absolute atomic E-state index is 0.227. The van der Waals surface area contributed by atoms with Gasteiger partial charge in [-0.15, -0.1) is 0 Å². The molecule has 1 aliphatic heterocycles. The highest BCUT2D eigenvalue weighted by Crippen LogP contribution is 2.31. The van der Waals surface area contributed by atoms with E-state index in [2.05, 4.69) is 51.8 Å². The normalized spacial score (nSPS) is 13.5. The molecule has 0 saturated carbocycles. The van der Waals surface area contributed by atoms with E-state index in [4.69, 9.17) is 21.1 Å². The molecule has 1 saturated heterocycles. The molecule has 0 radical (unpaired) electrons. The molecule has 5 rings (SSSR count). The number of benzene rings is 3. The van der Waals surface area contributed by atoms with E-state index in [-0.39, 0.29) is 11.8 Å². The lowest BCUT2D eigenvalue weighted by Crippen LogP contribution is -2.37. The van der Waals surface area contributed by atoms with Crippen molar-refractivity contribution in [3.05, 3.63) is 88.8 Å². The van der Waals surface area contributed by atoms with Crippen molar-refractivity contribution in [3.8, 4) is 16.9 Å². The highest BCUT2D eigenvalue weighted by molar-refractivity contribution is 6.31. The molecule has 10 heteroatoms. The van der Waals surface area contributed by atoms with Crippen molar-refractivity contribution in [1.82, 2.24) is 9.97 Å². The van der Waals surface area contributed by atoms with E-state index in [1.165, 1.54) is 0 Å². The number of anilines is 4. The second-order valence-corrected chi connectivity index (χ2v) is 10.9. The third kappa shape index (κ3) is 7.54. The van der Waals surface area contributed by atoms with Crippen molar-refractivity contribution < 1.29 is 13.9 Å². The lowest BCUT2D eigenvalue weighted by atomic mass is 9.97. The molecule has 42 heavy (non-hydrogen) atoms. The van der Waals surface area contributed by atoms with Crippen LogP contribution in [0.4, 0.5) is 27.5 Å². The van der Waals surface area contributed by atoms with Crippen molar-refractivity contribution in [3.63, 3.8) is 0 Å². The largest absolute Gasteiger partial charge is 0.497 e. The second-order valence-electron chi connectivity index (χ2n) is 10.4. The smallest absolute Gasteiger partial charge is 0.245 e. The quantitative estimate of drug-likeness (QED) is 0.150. The zero-order chi connectivity index (χ0) is 29.5. The summed E-state index contributed by atoms with van der Waals surface area (Å²) >= 11 is 6.50. The van der Waals surface area contributed by atoms with Crippen LogP contribution in [0.2, 0.25) is 5.02 Å². The molecule has 0 aliphatic carbocycles. The number of methoxy groups -OCH3 is 1. The Morgan fingerprint density at radius 1 is 1.07 bits per heavy atom. The van der Waals surface area contributed by atoms with Crippen LogP contribution in [0.5, 0.6) is 5.75 Å². The first-order valence-electron chi connectivity index (χ1n) is 13.9. The summed E-state index contributed by atoms with van der Waals surface area (Å²) < 4.78 is 25.1. The van der Waals surface area contributed by atoms with E-state index in [0.29, 0.717) is 37.2 Å². The maximum Gasteiger partial charge on any atom is 0.245 e. The summed E-state index contributed by atoms with van der Waals surface area (Å²) in [5, 5.41) is 8.50. The molecule has 8 nitrogen and oxygen atoms in total. The fourth-order valence-electron chi connectivity index (χ4n) is 4.79. The van der Waals surface area contributed by atoms with Gasteiger partial charge in [0.15, 0.2) is 11.6 Å². The molecule has 1 aliphatic rings. The van der Waals surface area contributed by atoms with Crippen LogP contribution in [0.25, 0.3) is 11.1 Å². The van der Waals surface area contributed by atoms with E-state index in [1.807, 2.05) is 53.4 Å². The van der Waals surface area contributed by atoms with Crippen LogP contribution in [0, 0.1) is 11.7 Å². The molecule has 0 amide bonds. The first-order chi connectivity index (χ1) is 20.4. The summed E-state index contributed by atoms with van der Waals surface area (Å²) in [6.45, 7) is 6.58. The Labute approximate surface area is 250 Å². The first-order valence-corrected chi connectivity index (χ1v) is 14.2. The third-order valence-corrected chi connectivity index (χ3v) is 6.98. The number of hydrogen-bond donors (Lipinski definition) is 2. The summed E-state index contributed by atoms with van der Waals surface area (Å²) in [7, 11) is 1.66. The first kappa shape index (κ1) is 29.3. The summed E-state index contributed by atoms with van der Waals surface area (Å²) in [6.07, 6.45) is 3.76. The van der Waals surface area contributed by atoms with Gasteiger partial charge in [0.25, 0.3) is 0 Å². The Balaban J connectivity index is 1.34. The minimum atomic E-state index is -0.468. The van der Waals surface area contributed by atoms with Gasteiger partial charge in [0.2, 0.25) is 5.95 Å². The fraction of sp³-hybridized carbons (Fsp3) is 0.281. The average Bonchev–Trinajstić information content (AvgIpc) is 2.99. The molecule has 0 atom stereocenters. The molecule has 0 spiro atoms. The SMILES string of the molecule is COc1cccc(-c2cc(Cl)cc(Nc3ccc(/C=N/Nc4ncc(F)c(N5CCOCC5)n4)c(CC(C)C)c3)c2)c1. The van der Waals surface area contributed by atoms with Crippen LogP contribution < -0.4 is 20.4 Å². The molecule has 4 aromatic rings. The van der Waals surface area contributed by atoms with E-state index < -0.39 is 5.82 Å². The van der Waals surface area contributed by atoms with Gasteiger partial charge < -0.3 is 19.7 Å². The molecular formula is C32H34ClFN6O2. The Bertz CT molecular complexity index is 1560. The molecule has 1 aromatic heterocycles. The van der Waals surface area contributed by atoms with Crippen LogP contribution in [0.1, 0.15) is 25.0 Å². The van der Waals surface area contributed by atoms with Gasteiger partial charge in [-0.1, -0.05) is 43.6 Å². The van der Waals surface area contributed by atoms with Crippen molar-refractivity contribution in [1.29, 1.82) is 0 Å². The van der Waals surface area contributed by atoms with Gasteiger partial charge in [-0.25, -0.2) is 14.8 Å². The summed E-state index contributed by atoms with van der Waals surface area (Å²) in [5.41, 5.74) is 8.76. The Morgan fingerprint density at radius 2 is 1.90 bits per heavy atom. The molecule has 1 fully saturated rings. The maximum atomic E-state index is 14.4. The predicted octanol–water partition coefficient (Wildman–Crippen LogP) is 7.17. The lowest BCUT2D eigenvalue weighted by Gasteiger charge is -2.27. The van der Waals surface area contributed by atoms with Crippen LogP contribution in [0.15, 0.2) is 72.0 Å². The van der Waals surface area contributed by atoms with Gasteiger partial charge in [0, 0.05) is 29.5 Å². The van der Waals surface area contributed by atoms with E-state index >= 15 is 0 Å². The van der Waals surface area contributed by atoms with Crippen LogP contribution in [-0.4, -0.2) is 49.6 Å². The Morgan fingerprint density at radius 3 is 2.69 bits per heavy atom. The lowest BCUT2D eigenvalue weighted by molar-refractivity contribution is 0.122. The van der Waals surface area contributed by atoms with Crippen molar-refractivity contribution in [2.45, 2.75) is 20.3 Å². The zero-order valence-electron chi connectivity index (χ0n) is 23.9. The number of ether oxygens (including phenoxy) is 2. The van der Waals surface area contributed by atoms with Gasteiger partial charge in [-0.3, -0.25) is 0 Å². The van der Waals surface area contributed by atoms with Gasteiger partial charge in [0.1, 0.15) is 5.75 Å². The van der Waals surface area contributed by atoms with Crippen molar-refractivity contribution in [2.24, 2.45) is 11.0 Å². The molecule has 3 aromatic carbocycles. The van der Waals surface area contributed by atoms with E-state index in [1.54, 1.807) is 13.3 Å². The second kappa shape index (κ2) is 13.6. The van der Waals surface area contributed by atoms with Gasteiger partial charge >= 0.3 is 0 Å². The highest BCUT2D eigenvalue weighted by Gasteiger charge is 2.18. The number of morpholine rings is 1. The average molecular weight is 589 g/mol. The highest BCUT2D eigenvalue weighted by atomic mass is 35.5. The number of rotatable bonds is 10. The Kier molecular flexibility index (Phi) is 9.51. The predicted molar refractivity (Wildman–Crippen MR) is 168 cm³/mol. The van der Waals surface area contributed by atoms with Crippen molar-refractivity contribution >= 4 is 41.0 Å². The van der Waals surface area contributed by atoms with E-state index in [9.17, 15) is 4.39 Å². The number of hydrogen-bond acceptors (Lipinski definition) is 8. The van der Waals surface area contributed by atoms with Gasteiger partial charge in [-0.2, -0.15) is 10.1 Å². The number of halogens is 2. The number of aromatic nitrogens is 2. The third-order valence-electron chi connectivity index (χ3n) is 6.77. The molecule has 0 unspecified atom stereocenters. The number of nitrogens with zero attached hydrogens (tertiary/aromatic N) is 4. The summed E-state index contributed by atoms with van der Waals surface area (Å²) in [4.78, 5) is 10.2. The van der Waals surface area contributed by atoms with Crippen molar-refractivity contribution in [2.75, 3.05) is 49.1 Å². The van der Waals surface area contributed by atoms with Gasteiger partial charge in [0.05, 0.1) is 32.7 Å². The Hall–Kier alpha value is -4.21. The molecule has 218 valence electrons. The van der Waals surface area contributed by atoms with Crippen LogP contribution in [0.3, 0.4) is 0 Å². The minimum Gasteiger partial charge on any atom is -0.497 e. The van der Waals surface area contributed by atoms with Crippen LogP contribution in [-0.2, 0) is 11.2 Å². The molecule has 0 bridgehead atoms. The number of hydrazone groups is 1.